The molecule has 7 heteroatoms. The smallest absolute Gasteiger partial charge is 0.341 e. The van der Waals surface area contributed by atoms with Gasteiger partial charge in [0.15, 0.2) is 0 Å². The maximum absolute atomic E-state index is 15.2. The molecule has 1 aliphatic heterocycles. The van der Waals surface area contributed by atoms with Crippen molar-refractivity contribution in [2.24, 2.45) is 11.1 Å². The molecule has 2 aliphatic rings. The number of rotatable bonds is 3. The highest BCUT2D eigenvalue weighted by atomic mass is 19.1. The van der Waals surface area contributed by atoms with Crippen molar-refractivity contribution in [3.05, 3.63) is 39.4 Å². The molecule has 3 N–H and O–H groups in total. The fourth-order valence-electron chi connectivity index (χ4n) is 4.42. The highest BCUT2D eigenvalue weighted by molar-refractivity contribution is 5.95. The molecule has 1 saturated carbocycles. The van der Waals surface area contributed by atoms with Crippen molar-refractivity contribution in [2.75, 3.05) is 18.0 Å². The summed E-state index contributed by atoms with van der Waals surface area (Å²) in [6.07, 6.45) is 4.04. The quantitative estimate of drug-likeness (QED) is 0.845. The lowest BCUT2D eigenvalue weighted by Gasteiger charge is -2.44. The van der Waals surface area contributed by atoms with Gasteiger partial charge in [-0.1, -0.05) is 13.8 Å². The zero-order valence-corrected chi connectivity index (χ0v) is 16.5. The number of aromatic nitrogens is 1. The van der Waals surface area contributed by atoms with Gasteiger partial charge < -0.3 is 20.3 Å². The summed E-state index contributed by atoms with van der Waals surface area (Å²) in [7, 11) is 0. The van der Waals surface area contributed by atoms with E-state index in [-0.39, 0.29) is 28.4 Å². The summed E-state index contributed by atoms with van der Waals surface area (Å²) in [6.45, 7) is 7.25. The molecule has 1 saturated heterocycles. The highest BCUT2D eigenvalue weighted by Gasteiger charge is 2.36. The van der Waals surface area contributed by atoms with Gasteiger partial charge in [0.1, 0.15) is 11.4 Å². The van der Waals surface area contributed by atoms with Gasteiger partial charge in [-0.15, -0.1) is 0 Å². The van der Waals surface area contributed by atoms with Crippen molar-refractivity contribution in [1.29, 1.82) is 0 Å². The molecule has 4 rings (SSSR count). The number of carbonyl (C=O) groups is 1. The van der Waals surface area contributed by atoms with E-state index in [4.69, 9.17) is 5.73 Å². The van der Waals surface area contributed by atoms with Crippen molar-refractivity contribution in [2.45, 2.75) is 52.1 Å². The van der Waals surface area contributed by atoms with Crippen molar-refractivity contribution in [1.82, 2.24) is 4.57 Å². The van der Waals surface area contributed by atoms with Crippen LogP contribution in [0.3, 0.4) is 0 Å². The fraction of sp³-hybridized carbons (Fsp3) is 0.524. The molecule has 0 amide bonds. The van der Waals surface area contributed by atoms with Gasteiger partial charge in [0.25, 0.3) is 0 Å². The molecule has 2 heterocycles. The van der Waals surface area contributed by atoms with Crippen LogP contribution in [0.4, 0.5) is 10.1 Å². The van der Waals surface area contributed by atoms with Crippen LogP contribution in [0.25, 0.3) is 10.9 Å². The molecule has 0 bridgehead atoms. The Bertz CT molecular complexity index is 1040. The zero-order valence-electron chi connectivity index (χ0n) is 16.5. The van der Waals surface area contributed by atoms with E-state index in [2.05, 4.69) is 13.8 Å². The summed E-state index contributed by atoms with van der Waals surface area (Å²) in [6, 6.07) is 1.42. The molecule has 28 heavy (non-hydrogen) atoms. The number of carboxylic acid groups (broad SMARTS) is 1. The lowest BCUT2D eigenvalue weighted by atomic mass is 9.79. The Hall–Kier alpha value is -2.41. The summed E-state index contributed by atoms with van der Waals surface area (Å²) in [5.41, 5.74) is 6.95. The van der Waals surface area contributed by atoms with Crippen molar-refractivity contribution in [3.63, 3.8) is 0 Å². The number of piperidine rings is 1. The third-order valence-electron chi connectivity index (χ3n) is 6.28. The minimum absolute atomic E-state index is 0.0512. The largest absolute Gasteiger partial charge is 0.477 e. The summed E-state index contributed by atoms with van der Waals surface area (Å²) < 4.78 is 17.1. The number of carboxylic acids is 1. The number of pyridine rings is 1. The van der Waals surface area contributed by atoms with Crippen molar-refractivity contribution < 1.29 is 14.3 Å². The van der Waals surface area contributed by atoms with E-state index in [1.54, 1.807) is 0 Å². The number of aryl methyl sites for hydroxylation is 1. The lowest BCUT2D eigenvalue weighted by molar-refractivity contribution is 0.0695. The summed E-state index contributed by atoms with van der Waals surface area (Å²) >= 11 is 0. The normalized spacial score (nSPS) is 21.9. The van der Waals surface area contributed by atoms with E-state index >= 15 is 4.39 Å². The van der Waals surface area contributed by atoms with Crippen molar-refractivity contribution >= 4 is 22.6 Å². The van der Waals surface area contributed by atoms with Gasteiger partial charge in [-0.05, 0) is 43.2 Å². The number of aromatic carboxylic acids is 1. The first kappa shape index (κ1) is 18.9. The Morgan fingerprint density at radius 1 is 1.32 bits per heavy atom. The predicted octanol–water partition coefficient (Wildman–Crippen LogP) is 3.05. The zero-order chi connectivity index (χ0) is 20.4. The summed E-state index contributed by atoms with van der Waals surface area (Å²) in [5, 5.41) is 9.54. The van der Waals surface area contributed by atoms with Crippen LogP contribution in [0.5, 0.6) is 0 Å². The molecule has 6 nitrogen and oxygen atoms in total. The third-order valence-corrected chi connectivity index (χ3v) is 6.28. The average molecular weight is 387 g/mol. The maximum Gasteiger partial charge on any atom is 0.341 e. The van der Waals surface area contributed by atoms with Crippen LogP contribution in [0.2, 0.25) is 0 Å². The minimum atomic E-state index is -1.28. The van der Waals surface area contributed by atoms with Gasteiger partial charge in [-0.25, -0.2) is 9.18 Å². The van der Waals surface area contributed by atoms with E-state index in [0.717, 1.165) is 19.3 Å². The second-order valence-corrected chi connectivity index (χ2v) is 8.85. The molecule has 2 fully saturated rings. The number of nitrogens with two attached hydrogens (primary N) is 1. The second kappa shape index (κ2) is 6.30. The van der Waals surface area contributed by atoms with Gasteiger partial charge >= 0.3 is 5.97 Å². The first-order valence-electron chi connectivity index (χ1n) is 9.73. The predicted molar refractivity (Wildman–Crippen MR) is 107 cm³/mol. The van der Waals surface area contributed by atoms with Crippen LogP contribution in [-0.2, 0) is 0 Å². The Morgan fingerprint density at radius 2 is 2.00 bits per heavy atom. The van der Waals surface area contributed by atoms with Crippen LogP contribution in [0.15, 0.2) is 17.1 Å². The standard InChI is InChI=1S/C21H26FN3O3/c1-11-17-13(19(26)14(20(27)28)9-25(17)12-4-5-12)8-15(22)18(11)24-7-6-16(23)21(2,3)10-24/h8-9,12,16H,4-7,10,23H2,1-3H3,(H,27,28)/t16-/m0/s1. The van der Waals surface area contributed by atoms with E-state index in [1.807, 2.05) is 16.4 Å². The molecular formula is C21H26FN3O3. The van der Waals surface area contributed by atoms with E-state index in [1.165, 1.54) is 12.3 Å². The van der Waals surface area contributed by atoms with Crippen molar-refractivity contribution in [3.8, 4) is 0 Å². The van der Waals surface area contributed by atoms with Gasteiger partial charge in [0.2, 0.25) is 5.43 Å². The number of hydrogen-bond donors (Lipinski definition) is 2. The van der Waals surface area contributed by atoms with Crippen LogP contribution in [0, 0.1) is 18.2 Å². The molecule has 1 aromatic heterocycles. The van der Waals surface area contributed by atoms with E-state index < -0.39 is 17.2 Å². The second-order valence-electron chi connectivity index (χ2n) is 8.85. The first-order chi connectivity index (χ1) is 13.1. The first-order valence-corrected chi connectivity index (χ1v) is 9.73. The number of benzene rings is 1. The van der Waals surface area contributed by atoms with Crippen LogP contribution in [-0.4, -0.2) is 34.8 Å². The van der Waals surface area contributed by atoms with Gasteiger partial charge in [-0.3, -0.25) is 4.79 Å². The number of hydrogen-bond acceptors (Lipinski definition) is 4. The molecule has 1 aromatic carbocycles. The van der Waals surface area contributed by atoms with Crippen LogP contribution >= 0.6 is 0 Å². The Morgan fingerprint density at radius 3 is 2.57 bits per heavy atom. The summed E-state index contributed by atoms with van der Waals surface area (Å²) in [4.78, 5) is 26.2. The molecule has 0 spiro atoms. The monoisotopic (exact) mass is 387 g/mol. The molecule has 1 atom stereocenters. The lowest BCUT2D eigenvalue weighted by Crippen LogP contribution is -2.52. The average Bonchev–Trinajstić information content (AvgIpc) is 3.43. The van der Waals surface area contributed by atoms with Gasteiger partial charge in [0, 0.05) is 36.8 Å². The number of halogens is 1. The number of nitrogens with zero attached hydrogens (tertiary/aromatic N) is 2. The number of anilines is 1. The van der Waals surface area contributed by atoms with Gasteiger partial charge in [-0.2, -0.15) is 0 Å². The molecule has 0 unspecified atom stereocenters. The Labute approximate surface area is 162 Å². The SMILES string of the molecule is Cc1c(N2CC[C@H](N)C(C)(C)C2)c(F)cc2c(=O)c(C(=O)O)cn(C3CC3)c12. The fourth-order valence-corrected chi connectivity index (χ4v) is 4.42. The van der Waals surface area contributed by atoms with Gasteiger partial charge in [0.05, 0.1) is 11.2 Å². The Balaban J connectivity index is 1.96. The maximum atomic E-state index is 15.2. The third kappa shape index (κ3) is 2.89. The molecule has 2 aromatic rings. The molecular weight excluding hydrogens is 361 g/mol. The topological polar surface area (TPSA) is 88.6 Å². The molecule has 0 radical (unpaired) electrons. The highest BCUT2D eigenvalue weighted by Crippen LogP contribution is 2.41. The molecule has 150 valence electrons. The van der Waals surface area contributed by atoms with Crippen LogP contribution < -0.4 is 16.1 Å². The molecule has 1 aliphatic carbocycles. The Kier molecular flexibility index (Phi) is 4.26. The van der Waals surface area contributed by atoms with E-state index in [0.29, 0.717) is 29.9 Å². The van der Waals surface area contributed by atoms with Crippen LogP contribution in [0.1, 0.15) is 55.1 Å². The summed E-state index contributed by atoms with van der Waals surface area (Å²) in [5.74, 6) is -1.77. The minimum Gasteiger partial charge on any atom is -0.477 e. The number of fused-ring (bicyclic) bond motifs is 1. The van der Waals surface area contributed by atoms with E-state index in [9.17, 15) is 14.7 Å².